The Morgan fingerprint density at radius 3 is 2.73 bits per heavy atom. The molecule has 1 heterocycles. The molecule has 0 unspecified atom stereocenters. The van der Waals surface area contributed by atoms with Crippen LogP contribution in [0.2, 0.25) is 0 Å². The van der Waals surface area contributed by atoms with E-state index >= 15 is 0 Å². The molecule has 0 bridgehead atoms. The van der Waals surface area contributed by atoms with Gasteiger partial charge in [-0.2, -0.15) is 0 Å². The smallest absolute Gasteiger partial charge is 0.246 e. The maximum atomic E-state index is 12.1. The van der Waals surface area contributed by atoms with Crippen molar-refractivity contribution in [1.29, 1.82) is 0 Å². The van der Waals surface area contributed by atoms with Gasteiger partial charge in [0, 0.05) is 29.6 Å². The number of carbonyl (C=O) groups excluding carboxylic acids is 1. The van der Waals surface area contributed by atoms with Crippen molar-refractivity contribution in [1.82, 2.24) is 4.90 Å². The zero-order valence-electron chi connectivity index (χ0n) is 12.9. The van der Waals surface area contributed by atoms with Crippen molar-refractivity contribution in [3.8, 4) is 11.5 Å². The molecule has 2 aromatic rings. The van der Waals surface area contributed by atoms with Crippen LogP contribution in [-0.4, -0.2) is 32.1 Å². The van der Waals surface area contributed by atoms with Crippen LogP contribution in [0.5, 0.6) is 11.5 Å². The highest BCUT2D eigenvalue weighted by molar-refractivity contribution is 7.09. The summed E-state index contributed by atoms with van der Waals surface area (Å²) in [6, 6.07) is 9.49. The summed E-state index contributed by atoms with van der Waals surface area (Å²) in [5.41, 5.74) is 0.834. The van der Waals surface area contributed by atoms with Crippen LogP contribution in [-0.2, 0) is 11.3 Å². The van der Waals surface area contributed by atoms with Crippen molar-refractivity contribution >= 4 is 23.3 Å². The first-order valence-corrected chi connectivity index (χ1v) is 7.69. The number of methoxy groups -OCH3 is 2. The van der Waals surface area contributed by atoms with Gasteiger partial charge in [-0.1, -0.05) is 6.07 Å². The Balaban J connectivity index is 2.05. The lowest BCUT2D eigenvalue weighted by atomic mass is 10.1. The Morgan fingerprint density at radius 2 is 2.09 bits per heavy atom. The summed E-state index contributed by atoms with van der Waals surface area (Å²) < 4.78 is 10.5. The standard InChI is InChI=1S/C17H19NO3S/c1-18(12-15-5-4-10-22-15)17(19)9-7-13-6-8-14(20-2)11-16(13)21-3/h4-11H,12H2,1-3H3/b9-7+. The second-order valence-electron chi connectivity index (χ2n) is 4.71. The van der Waals surface area contributed by atoms with Gasteiger partial charge in [-0.3, -0.25) is 4.79 Å². The second-order valence-corrected chi connectivity index (χ2v) is 5.75. The van der Waals surface area contributed by atoms with E-state index in [2.05, 4.69) is 0 Å². The molecule has 0 aliphatic rings. The molecule has 0 fully saturated rings. The third-order valence-electron chi connectivity index (χ3n) is 3.20. The van der Waals surface area contributed by atoms with Crippen LogP contribution in [0.1, 0.15) is 10.4 Å². The lowest BCUT2D eigenvalue weighted by Crippen LogP contribution is -2.23. The zero-order valence-corrected chi connectivity index (χ0v) is 13.7. The molecule has 5 heteroatoms. The number of thiophene rings is 1. The molecule has 0 N–H and O–H groups in total. The first-order valence-electron chi connectivity index (χ1n) is 6.81. The molecule has 1 amide bonds. The fraction of sp³-hybridized carbons (Fsp3) is 0.235. The Kier molecular flexibility index (Phi) is 5.61. The minimum absolute atomic E-state index is 0.0497. The third kappa shape index (κ3) is 4.11. The maximum Gasteiger partial charge on any atom is 0.246 e. The fourth-order valence-corrected chi connectivity index (χ4v) is 2.72. The molecule has 0 aliphatic carbocycles. The van der Waals surface area contributed by atoms with Crippen molar-refractivity contribution in [2.45, 2.75) is 6.54 Å². The topological polar surface area (TPSA) is 38.8 Å². The van der Waals surface area contributed by atoms with E-state index in [9.17, 15) is 4.79 Å². The minimum Gasteiger partial charge on any atom is -0.497 e. The molecule has 116 valence electrons. The third-order valence-corrected chi connectivity index (χ3v) is 4.06. The summed E-state index contributed by atoms with van der Waals surface area (Å²) >= 11 is 1.64. The number of ether oxygens (including phenoxy) is 2. The van der Waals surface area contributed by atoms with Crippen LogP contribution in [0.15, 0.2) is 41.8 Å². The molecule has 2 rings (SSSR count). The van der Waals surface area contributed by atoms with Crippen LogP contribution < -0.4 is 9.47 Å². The number of likely N-dealkylation sites (N-methyl/N-ethyl adjacent to an activating group) is 1. The van der Waals surface area contributed by atoms with Gasteiger partial charge in [-0.05, 0) is 29.7 Å². The molecule has 0 saturated heterocycles. The molecule has 0 radical (unpaired) electrons. The monoisotopic (exact) mass is 317 g/mol. The van der Waals surface area contributed by atoms with Crippen molar-refractivity contribution < 1.29 is 14.3 Å². The summed E-state index contributed by atoms with van der Waals surface area (Å²) in [6.07, 6.45) is 3.31. The fourth-order valence-electron chi connectivity index (χ4n) is 1.96. The molecular formula is C17H19NO3S. The van der Waals surface area contributed by atoms with Gasteiger partial charge in [0.2, 0.25) is 5.91 Å². The lowest BCUT2D eigenvalue weighted by Gasteiger charge is -2.13. The van der Waals surface area contributed by atoms with E-state index in [0.717, 1.165) is 16.2 Å². The second kappa shape index (κ2) is 7.66. The Bertz CT molecular complexity index is 650. The number of rotatable bonds is 6. The molecule has 0 atom stereocenters. The molecule has 1 aromatic carbocycles. The summed E-state index contributed by atoms with van der Waals surface area (Å²) in [7, 11) is 4.99. The van der Waals surface area contributed by atoms with Crippen LogP contribution in [0.25, 0.3) is 6.08 Å². The van der Waals surface area contributed by atoms with Gasteiger partial charge >= 0.3 is 0 Å². The van der Waals surface area contributed by atoms with Gasteiger partial charge in [-0.15, -0.1) is 11.3 Å². The number of carbonyl (C=O) groups is 1. The number of hydrogen-bond acceptors (Lipinski definition) is 4. The summed E-state index contributed by atoms with van der Waals surface area (Å²) in [5.74, 6) is 1.34. The molecule has 4 nitrogen and oxygen atoms in total. The highest BCUT2D eigenvalue weighted by atomic mass is 32.1. The summed E-state index contributed by atoms with van der Waals surface area (Å²) in [5, 5.41) is 2.01. The largest absolute Gasteiger partial charge is 0.497 e. The first-order chi connectivity index (χ1) is 10.6. The first kappa shape index (κ1) is 16.1. The van der Waals surface area contributed by atoms with Crippen molar-refractivity contribution in [3.63, 3.8) is 0 Å². The zero-order chi connectivity index (χ0) is 15.9. The van der Waals surface area contributed by atoms with Crippen LogP contribution in [0.4, 0.5) is 0 Å². The van der Waals surface area contributed by atoms with Crippen molar-refractivity contribution in [2.75, 3.05) is 21.3 Å². The lowest BCUT2D eigenvalue weighted by molar-refractivity contribution is -0.125. The quantitative estimate of drug-likeness (QED) is 0.766. The average Bonchev–Trinajstić information content (AvgIpc) is 3.05. The van der Waals surface area contributed by atoms with E-state index in [4.69, 9.17) is 9.47 Å². The predicted octanol–water partition coefficient (Wildman–Crippen LogP) is 3.44. The van der Waals surface area contributed by atoms with Crippen LogP contribution in [0.3, 0.4) is 0 Å². The molecule has 0 spiro atoms. The molecule has 1 aromatic heterocycles. The Labute approximate surface area is 134 Å². The van der Waals surface area contributed by atoms with Gasteiger partial charge in [0.05, 0.1) is 20.8 Å². The van der Waals surface area contributed by atoms with E-state index < -0.39 is 0 Å². The molecular weight excluding hydrogens is 298 g/mol. The van der Waals surface area contributed by atoms with Crippen molar-refractivity contribution in [2.24, 2.45) is 0 Å². The maximum absolute atomic E-state index is 12.1. The Hall–Kier alpha value is -2.27. The molecule has 22 heavy (non-hydrogen) atoms. The van der Waals surface area contributed by atoms with E-state index in [1.165, 1.54) is 0 Å². The number of benzene rings is 1. The highest BCUT2D eigenvalue weighted by Gasteiger charge is 2.07. The molecule has 0 saturated carbocycles. The van der Waals surface area contributed by atoms with Gasteiger partial charge in [0.1, 0.15) is 11.5 Å². The Morgan fingerprint density at radius 1 is 1.27 bits per heavy atom. The van der Waals surface area contributed by atoms with Gasteiger partial charge < -0.3 is 14.4 Å². The van der Waals surface area contributed by atoms with Crippen molar-refractivity contribution in [3.05, 3.63) is 52.2 Å². The SMILES string of the molecule is COc1ccc(/C=C/C(=O)N(C)Cc2cccs2)c(OC)c1. The average molecular weight is 317 g/mol. The molecule has 0 aliphatic heterocycles. The van der Waals surface area contributed by atoms with E-state index in [1.807, 2.05) is 29.6 Å². The predicted molar refractivity (Wildman–Crippen MR) is 89.4 cm³/mol. The summed E-state index contributed by atoms with van der Waals surface area (Å²) in [6.45, 7) is 0.612. The number of hydrogen-bond donors (Lipinski definition) is 0. The highest BCUT2D eigenvalue weighted by Crippen LogP contribution is 2.25. The van der Waals surface area contributed by atoms with Crippen LogP contribution >= 0.6 is 11.3 Å². The minimum atomic E-state index is -0.0497. The summed E-state index contributed by atoms with van der Waals surface area (Å²) in [4.78, 5) is 15.0. The number of nitrogens with zero attached hydrogens (tertiary/aromatic N) is 1. The van der Waals surface area contributed by atoms with E-state index in [0.29, 0.717) is 12.3 Å². The van der Waals surface area contributed by atoms with Gasteiger partial charge in [0.25, 0.3) is 0 Å². The van der Waals surface area contributed by atoms with Gasteiger partial charge in [0.15, 0.2) is 0 Å². The van der Waals surface area contributed by atoms with Crippen LogP contribution in [0, 0.1) is 0 Å². The normalized spacial score (nSPS) is 10.7. The number of amides is 1. The van der Waals surface area contributed by atoms with Gasteiger partial charge in [-0.25, -0.2) is 0 Å². The van der Waals surface area contributed by atoms with E-state index in [-0.39, 0.29) is 5.91 Å². The van der Waals surface area contributed by atoms with E-state index in [1.54, 1.807) is 55.7 Å².